The van der Waals surface area contributed by atoms with E-state index >= 15 is 0 Å². The maximum atomic E-state index is 12.5. The molecule has 178 valence electrons. The molecule has 10 nitrogen and oxygen atoms in total. The first kappa shape index (κ1) is 24.6. The third-order valence-corrected chi connectivity index (χ3v) is 8.56. The number of sulfonamides is 1. The summed E-state index contributed by atoms with van der Waals surface area (Å²) in [6.45, 7) is 10.8. The largest absolute Gasteiger partial charge is 0.361 e. The van der Waals surface area contributed by atoms with E-state index in [1.165, 1.54) is 16.8 Å². The summed E-state index contributed by atoms with van der Waals surface area (Å²) in [6, 6.07) is 2.46. The van der Waals surface area contributed by atoms with Gasteiger partial charge in [-0.15, -0.1) is 0 Å². The maximum absolute atomic E-state index is 12.5. The van der Waals surface area contributed by atoms with E-state index in [1.807, 2.05) is 23.8 Å². The molecule has 2 aromatic heterocycles. The van der Waals surface area contributed by atoms with Crippen LogP contribution in [-0.2, 0) is 21.5 Å². The molecule has 3 rings (SSSR count). The lowest BCUT2D eigenvalue weighted by atomic mass is 9.95. The van der Waals surface area contributed by atoms with Gasteiger partial charge in [-0.1, -0.05) is 26.6 Å². The number of urea groups is 1. The summed E-state index contributed by atoms with van der Waals surface area (Å²) < 4.78 is 32.6. The molecule has 0 bridgehead atoms. The van der Waals surface area contributed by atoms with E-state index in [1.54, 1.807) is 0 Å². The third-order valence-electron chi connectivity index (χ3n) is 5.59. The van der Waals surface area contributed by atoms with Crippen molar-refractivity contribution in [2.24, 2.45) is 5.92 Å². The Morgan fingerprint density at radius 3 is 2.75 bits per heavy atom. The lowest BCUT2D eigenvalue weighted by Gasteiger charge is -2.35. The SMILES string of the molecule is CC1CN(S(C)(=O)=O)CCC1NC(=O)Nc1cnc2c(ccn2COCC[Si](C)(C)C)n1. The number of amides is 2. The number of rotatable bonds is 8. The average Bonchev–Trinajstić information content (AvgIpc) is 3.07. The van der Waals surface area contributed by atoms with Crippen LogP contribution in [0.4, 0.5) is 10.6 Å². The molecule has 2 unspecified atom stereocenters. The highest BCUT2D eigenvalue weighted by atomic mass is 32.2. The van der Waals surface area contributed by atoms with Gasteiger partial charge in [-0.2, -0.15) is 0 Å². The van der Waals surface area contributed by atoms with Crippen molar-refractivity contribution in [2.45, 2.75) is 51.8 Å². The summed E-state index contributed by atoms with van der Waals surface area (Å²) in [7, 11) is -4.34. The summed E-state index contributed by atoms with van der Waals surface area (Å²) >= 11 is 0. The number of nitrogens with zero attached hydrogens (tertiary/aromatic N) is 4. The zero-order chi connectivity index (χ0) is 23.5. The molecule has 2 aromatic rings. The van der Waals surface area contributed by atoms with Crippen LogP contribution < -0.4 is 10.6 Å². The van der Waals surface area contributed by atoms with Crippen molar-refractivity contribution in [1.29, 1.82) is 0 Å². The quantitative estimate of drug-likeness (QED) is 0.441. The number of fused-ring (bicyclic) bond motifs is 1. The van der Waals surface area contributed by atoms with Gasteiger partial charge in [-0.25, -0.2) is 27.5 Å². The number of aromatic nitrogens is 3. The minimum absolute atomic E-state index is 0.00720. The van der Waals surface area contributed by atoms with Gasteiger partial charge in [0.1, 0.15) is 12.2 Å². The second-order valence-electron chi connectivity index (χ2n) is 9.69. The van der Waals surface area contributed by atoms with Crippen molar-refractivity contribution in [2.75, 3.05) is 31.3 Å². The van der Waals surface area contributed by atoms with Gasteiger partial charge in [0.25, 0.3) is 0 Å². The predicted octanol–water partition coefficient (Wildman–Crippen LogP) is 2.54. The van der Waals surface area contributed by atoms with Crippen LogP contribution in [0.15, 0.2) is 18.5 Å². The molecule has 0 radical (unpaired) electrons. The first-order chi connectivity index (χ1) is 14.9. The van der Waals surface area contributed by atoms with Crippen molar-refractivity contribution >= 4 is 41.1 Å². The van der Waals surface area contributed by atoms with Crippen molar-refractivity contribution in [3.05, 3.63) is 18.5 Å². The Morgan fingerprint density at radius 1 is 1.34 bits per heavy atom. The molecule has 1 fully saturated rings. The number of nitrogens with one attached hydrogen (secondary N) is 2. The normalized spacial score (nSPS) is 20.4. The first-order valence-corrected chi connectivity index (χ1v) is 16.4. The lowest BCUT2D eigenvalue weighted by molar-refractivity contribution is 0.0899. The van der Waals surface area contributed by atoms with Crippen molar-refractivity contribution < 1.29 is 17.9 Å². The summed E-state index contributed by atoms with van der Waals surface area (Å²) in [5.41, 5.74) is 1.37. The number of piperidine rings is 1. The van der Waals surface area contributed by atoms with Crippen LogP contribution in [0.1, 0.15) is 13.3 Å². The number of hydrogen-bond donors (Lipinski definition) is 2. The highest BCUT2D eigenvalue weighted by Crippen LogP contribution is 2.19. The molecule has 1 aliphatic rings. The highest BCUT2D eigenvalue weighted by molar-refractivity contribution is 7.88. The second-order valence-corrected chi connectivity index (χ2v) is 17.3. The summed E-state index contributed by atoms with van der Waals surface area (Å²) in [5, 5.41) is 5.66. The van der Waals surface area contributed by atoms with Crippen LogP contribution in [0.5, 0.6) is 0 Å². The Bertz CT molecular complexity index is 1050. The lowest BCUT2D eigenvalue weighted by Crippen LogP contribution is -2.52. The Balaban J connectivity index is 1.53. The molecular formula is C20H34N6O4SSi. The summed E-state index contributed by atoms with van der Waals surface area (Å²) in [5.74, 6) is 0.362. The highest BCUT2D eigenvalue weighted by Gasteiger charge is 2.31. The number of carbonyl (C=O) groups excluding carboxylic acids is 1. The molecule has 3 heterocycles. The zero-order valence-corrected chi connectivity index (χ0v) is 21.3. The van der Waals surface area contributed by atoms with Crippen molar-refractivity contribution in [3.63, 3.8) is 0 Å². The van der Waals surface area contributed by atoms with Crippen molar-refractivity contribution in [1.82, 2.24) is 24.2 Å². The minimum atomic E-state index is -3.21. The summed E-state index contributed by atoms with van der Waals surface area (Å²) in [6.07, 6.45) is 5.17. The Morgan fingerprint density at radius 2 is 2.09 bits per heavy atom. The topological polar surface area (TPSA) is 118 Å². The van der Waals surface area contributed by atoms with Gasteiger partial charge in [0.2, 0.25) is 10.0 Å². The standard InChI is InChI=1S/C20H34N6O4SSi/c1-15-13-26(31(2,28)29)9-7-16(15)23-20(27)24-18-12-21-19-17(22-18)6-8-25(19)14-30-10-11-32(3,4)5/h6,8,12,15-16H,7,9-11,13-14H2,1-5H3,(H2,22,23,24,27). The molecule has 1 saturated heterocycles. The van der Waals surface area contributed by atoms with E-state index in [-0.39, 0.29) is 18.0 Å². The number of hydrogen-bond acceptors (Lipinski definition) is 6. The monoisotopic (exact) mass is 482 g/mol. The zero-order valence-electron chi connectivity index (χ0n) is 19.5. The number of ether oxygens (including phenoxy) is 1. The average molecular weight is 483 g/mol. The molecule has 2 amide bonds. The van der Waals surface area contributed by atoms with Crippen molar-refractivity contribution in [3.8, 4) is 0 Å². The van der Waals surface area contributed by atoms with E-state index in [0.717, 1.165) is 12.7 Å². The van der Waals surface area contributed by atoms with Crippen LogP contribution in [0.3, 0.4) is 0 Å². The fourth-order valence-electron chi connectivity index (χ4n) is 3.61. The van der Waals surface area contributed by atoms with E-state index in [0.29, 0.717) is 43.2 Å². The van der Waals surface area contributed by atoms with Crippen LogP contribution in [0.2, 0.25) is 25.7 Å². The first-order valence-electron chi connectivity index (χ1n) is 10.8. The molecule has 2 atom stereocenters. The predicted molar refractivity (Wildman–Crippen MR) is 128 cm³/mol. The van der Waals surface area contributed by atoms with E-state index in [2.05, 4.69) is 40.2 Å². The van der Waals surface area contributed by atoms with Gasteiger partial charge in [-0.05, 0) is 24.4 Å². The fraction of sp³-hybridized carbons (Fsp3) is 0.650. The van der Waals surface area contributed by atoms with Gasteiger partial charge >= 0.3 is 6.03 Å². The third kappa shape index (κ3) is 6.74. The van der Waals surface area contributed by atoms with E-state index in [9.17, 15) is 13.2 Å². The van der Waals surface area contributed by atoms with E-state index < -0.39 is 18.1 Å². The second kappa shape index (κ2) is 9.85. The number of anilines is 1. The van der Waals surface area contributed by atoms with Crippen LogP contribution >= 0.6 is 0 Å². The van der Waals surface area contributed by atoms with Gasteiger partial charge < -0.3 is 14.6 Å². The number of carbonyl (C=O) groups is 1. The molecule has 32 heavy (non-hydrogen) atoms. The smallest absolute Gasteiger partial charge is 0.320 e. The maximum Gasteiger partial charge on any atom is 0.320 e. The van der Waals surface area contributed by atoms with Crippen LogP contribution in [-0.4, -0.2) is 73.4 Å². The van der Waals surface area contributed by atoms with Crippen LogP contribution in [0, 0.1) is 5.92 Å². The Hall–Kier alpha value is -2.02. The molecule has 0 saturated carbocycles. The molecule has 0 aliphatic carbocycles. The molecule has 2 N–H and O–H groups in total. The molecule has 0 aromatic carbocycles. The Labute approximate surface area is 190 Å². The molecular weight excluding hydrogens is 448 g/mol. The van der Waals surface area contributed by atoms with Gasteiger partial charge in [-0.3, -0.25) is 5.32 Å². The van der Waals surface area contributed by atoms with Gasteiger partial charge in [0.05, 0.1) is 12.5 Å². The van der Waals surface area contributed by atoms with E-state index in [4.69, 9.17) is 4.74 Å². The fourth-order valence-corrected chi connectivity index (χ4v) is 5.31. The van der Waals surface area contributed by atoms with Crippen LogP contribution in [0.25, 0.3) is 11.2 Å². The summed E-state index contributed by atoms with van der Waals surface area (Å²) in [4.78, 5) is 21.4. The Kier molecular flexibility index (Phi) is 7.58. The molecule has 1 aliphatic heterocycles. The molecule has 0 spiro atoms. The minimum Gasteiger partial charge on any atom is -0.361 e. The molecule has 12 heteroatoms. The van der Waals surface area contributed by atoms with Gasteiger partial charge in [0.15, 0.2) is 11.5 Å². The van der Waals surface area contributed by atoms with Gasteiger partial charge in [0, 0.05) is 40.0 Å².